The molecule has 33 heavy (non-hydrogen) atoms. The van der Waals surface area contributed by atoms with Crippen LogP contribution in [0.25, 0.3) is 0 Å². The average molecular weight is 554 g/mol. The second-order valence-corrected chi connectivity index (χ2v) is 23.9. The normalized spacial score (nSPS) is 16.4. The quantitative estimate of drug-likeness (QED) is 0.229. The Kier molecular flexibility index (Phi) is 20.9. The van der Waals surface area contributed by atoms with E-state index in [1.165, 1.54) is 83.5 Å². The number of allylic oxidation sites excluding steroid dienone is 4. The minimum absolute atomic E-state index is 0. The molecule has 0 fully saturated rings. The van der Waals surface area contributed by atoms with E-state index in [0.29, 0.717) is 0 Å². The van der Waals surface area contributed by atoms with Crippen molar-refractivity contribution >= 4 is 6.66 Å². The summed E-state index contributed by atoms with van der Waals surface area (Å²) in [6, 6.07) is 0. The maximum absolute atomic E-state index is 4.24. The van der Waals surface area contributed by atoms with Gasteiger partial charge in [0.1, 0.15) is 0 Å². The molecule has 0 heterocycles. The zero-order valence-electron chi connectivity index (χ0n) is 23.6. The molecular weight excluding hydrogens is 497 g/mol. The van der Waals surface area contributed by atoms with Gasteiger partial charge in [0.2, 0.25) is 0 Å². The Morgan fingerprint density at radius 1 is 0.758 bits per heavy atom. The molecule has 0 aliphatic heterocycles. The summed E-state index contributed by atoms with van der Waals surface area (Å²) in [7, 11) is 0. The van der Waals surface area contributed by atoms with E-state index in [9.17, 15) is 0 Å². The van der Waals surface area contributed by atoms with E-state index in [-0.39, 0.29) is 30.4 Å². The van der Waals surface area contributed by atoms with Gasteiger partial charge in [-0.3, -0.25) is 0 Å². The molecule has 0 aromatic carbocycles. The van der Waals surface area contributed by atoms with Crippen molar-refractivity contribution < 1.29 is 42.2 Å². The molecule has 0 radical (unpaired) electrons. The van der Waals surface area contributed by atoms with E-state index in [1.807, 2.05) is 20.6 Å². The Labute approximate surface area is 228 Å². The third-order valence-electron chi connectivity index (χ3n) is 6.84. The SMILES string of the molecule is CCCCCCCCC1=C(CCCCCC)C(CC)=[C]([Ti+2]([NH]C(C)(C)C)[SiH](C)C)C1C.[Cl-].[Cl-]. The van der Waals surface area contributed by atoms with Gasteiger partial charge in [-0.1, -0.05) is 0 Å². The van der Waals surface area contributed by atoms with Crippen LogP contribution in [0, 0.1) is 5.92 Å². The van der Waals surface area contributed by atoms with E-state index in [1.54, 1.807) is 0 Å². The maximum Gasteiger partial charge on any atom is -1.00 e. The third-order valence-corrected chi connectivity index (χ3v) is 18.9. The first-order valence-electron chi connectivity index (χ1n) is 13.8. The van der Waals surface area contributed by atoms with Gasteiger partial charge in [0, 0.05) is 0 Å². The van der Waals surface area contributed by atoms with Crippen molar-refractivity contribution in [2.45, 2.75) is 151 Å². The van der Waals surface area contributed by atoms with Crippen molar-refractivity contribution in [3.63, 3.8) is 0 Å². The van der Waals surface area contributed by atoms with Gasteiger partial charge < -0.3 is 24.8 Å². The number of halogens is 2. The molecule has 0 aromatic rings. The number of nitrogens with one attached hydrogen (secondary N) is 1. The molecule has 1 aliphatic rings. The summed E-state index contributed by atoms with van der Waals surface area (Å²) >= 11 is -1.41. The zero-order valence-corrected chi connectivity index (χ0v) is 27.8. The fraction of sp³-hybridized carbons (Fsp3) is 0.857. The monoisotopic (exact) mass is 552 g/mol. The fourth-order valence-electron chi connectivity index (χ4n) is 5.28. The van der Waals surface area contributed by atoms with E-state index >= 15 is 0 Å². The van der Waals surface area contributed by atoms with Crippen LogP contribution in [-0.4, -0.2) is 12.2 Å². The van der Waals surface area contributed by atoms with Crippen LogP contribution in [0.4, 0.5) is 0 Å². The van der Waals surface area contributed by atoms with E-state index in [0.717, 1.165) is 5.92 Å². The van der Waals surface area contributed by atoms with E-state index < -0.39 is 24.0 Å². The van der Waals surface area contributed by atoms with Crippen molar-refractivity contribution in [3.05, 3.63) is 20.6 Å². The van der Waals surface area contributed by atoms with Gasteiger partial charge in [-0.2, -0.15) is 0 Å². The van der Waals surface area contributed by atoms with Crippen LogP contribution in [0.15, 0.2) is 20.6 Å². The van der Waals surface area contributed by atoms with Crippen LogP contribution >= 0.6 is 0 Å². The number of unbranched alkanes of at least 4 members (excludes halogenated alkanes) is 8. The molecule has 0 spiro atoms. The molecule has 5 heteroatoms. The summed E-state index contributed by atoms with van der Waals surface area (Å²) in [6.45, 7) is 21.4. The number of hydrogen-bond donors (Lipinski definition) is 1. The Hall–Kier alpha value is 0.951. The fourth-order valence-corrected chi connectivity index (χ4v) is 17.5. The second kappa shape index (κ2) is 19.1. The van der Waals surface area contributed by atoms with Crippen molar-refractivity contribution in [1.82, 2.24) is 3.80 Å². The molecule has 0 saturated carbocycles. The maximum atomic E-state index is 4.24. The molecule has 0 bridgehead atoms. The molecule has 0 saturated heterocycles. The first-order chi connectivity index (χ1) is 14.7. The van der Waals surface area contributed by atoms with Crippen molar-refractivity contribution in [3.8, 4) is 0 Å². The van der Waals surface area contributed by atoms with Crippen LogP contribution in [0.3, 0.4) is 0 Å². The summed E-state index contributed by atoms with van der Waals surface area (Å²) in [4.78, 5) is 0. The summed E-state index contributed by atoms with van der Waals surface area (Å²) < 4.78 is 6.21. The summed E-state index contributed by atoms with van der Waals surface area (Å²) in [5.41, 5.74) is 5.79. The molecule has 0 aromatic heterocycles. The van der Waals surface area contributed by atoms with Crippen molar-refractivity contribution in [2.24, 2.45) is 5.92 Å². The van der Waals surface area contributed by atoms with Gasteiger partial charge in [-0.05, 0) is 0 Å². The molecular formula is C28H56Cl2NSiTi. The van der Waals surface area contributed by atoms with Gasteiger partial charge >= 0.3 is 205 Å². The topological polar surface area (TPSA) is 12.0 Å². The van der Waals surface area contributed by atoms with Crippen LogP contribution in [0.5, 0.6) is 0 Å². The standard InChI is InChI=1S/C22H39.C4H10N.C2H7Si.2ClH.Ti/c1-5-8-10-12-13-15-16-21-19(4)18-20(7-3)22(21)17-14-11-9-6-2;1-4(2,3)5;1-3-2;;;/h19H,5-17H2,1-4H3;5H,1-3H3;3H,1-2H3;2*1H;/q;-1;;;;+3/p-2. The average Bonchev–Trinajstić information content (AvgIpc) is 2.96. The Bertz CT molecular complexity index is 581. The summed E-state index contributed by atoms with van der Waals surface area (Å²) in [6.07, 6.45) is 18.0. The van der Waals surface area contributed by atoms with Gasteiger partial charge in [-0.25, -0.2) is 0 Å². The Morgan fingerprint density at radius 2 is 1.24 bits per heavy atom. The van der Waals surface area contributed by atoms with Crippen LogP contribution in [0.1, 0.15) is 132 Å². The van der Waals surface area contributed by atoms with Gasteiger partial charge in [-0.15, -0.1) is 0 Å². The third kappa shape index (κ3) is 12.7. The minimum atomic E-state index is -1.41. The molecule has 0 amide bonds. The Balaban J connectivity index is 0. The predicted molar refractivity (Wildman–Crippen MR) is 142 cm³/mol. The Morgan fingerprint density at radius 3 is 1.73 bits per heavy atom. The molecule has 195 valence electrons. The summed E-state index contributed by atoms with van der Waals surface area (Å²) in [5.74, 6) is 0.728. The summed E-state index contributed by atoms with van der Waals surface area (Å²) in [5, 5.41) is 0. The van der Waals surface area contributed by atoms with Gasteiger partial charge in [0.05, 0.1) is 0 Å². The smallest absolute Gasteiger partial charge is 1.00 e. The largest absolute Gasteiger partial charge is 1.00 e. The number of rotatable bonds is 16. The molecule has 1 rings (SSSR count). The molecule has 1 aliphatic carbocycles. The minimum Gasteiger partial charge on any atom is -1.00 e. The molecule has 1 nitrogen and oxygen atoms in total. The molecule has 1 N–H and O–H groups in total. The van der Waals surface area contributed by atoms with E-state index in [2.05, 4.69) is 65.4 Å². The van der Waals surface area contributed by atoms with Crippen LogP contribution < -0.4 is 28.6 Å². The van der Waals surface area contributed by atoms with Crippen LogP contribution in [-0.2, 0) is 17.4 Å². The number of hydrogen-bond acceptors (Lipinski definition) is 1. The molecule has 1 atom stereocenters. The first-order valence-corrected chi connectivity index (χ1v) is 20.9. The predicted octanol–water partition coefficient (Wildman–Crippen LogP) is 3.23. The van der Waals surface area contributed by atoms with Crippen molar-refractivity contribution in [1.29, 1.82) is 0 Å². The zero-order chi connectivity index (χ0) is 23.4. The van der Waals surface area contributed by atoms with E-state index in [4.69, 9.17) is 0 Å². The van der Waals surface area contributed by atoms with Gasteiger partial charge in [0.25, 0.3) is 0 Å². The van der Waals surface area contributed by atoms with Gasteiger partial charge in [0.15, 0.2) is 0 Å². The molecule has 1 unspecified atom stereocenters. The van der Waals surface area contributed by atoms with Crippen molar-refractivity contribution in [2.75, 3.05) is 0 Å². The second-order valence-electron chi connectivity index (χ2n) is 11.2. The first kappa shape index (κ1) is 36.1. The van der Waals surface area contributed by atoms with Crippen LogP contribution in [0.2, 0.25) is 13.1 Å².